The van der Waals surface area contributed by atoms with Crippen molar-refractivity contribution in [1.29, 1.82) is 0 Å². The van der Waals surface area contributed by atoms with Gasteiger partial charge in [0.05, 0.1) is 13.7 Å². The zero-order valence-corrected chi connectivity index (χ0v) is 16.0. The van der Waals surface area contributed by atoms with Crippen molar-refractivity contribution in [2.45, 2.75) is 6.54 Å². The zero-order valence-electron chi connectivity index (χ0n) is 14.5. The lowest BCUT2D eigenvalue weighted by molar-refractivity contribution is -0.111. The third kappa shape index (κ3) is 5.12. The summed E-state index contributed by atoms with van der Waals surface area (Å²) in [7, 11) is 1.60. The number of methoxy groups -OCH3 is 1. The van der Waals surface area contributed by atoms with Gasteiger partial charge in [-0.3, -0.25) is 9.48 Å². The largest absolute Gasteiger partial charge is 0.497 e. The van der Waals surface area contributed by atoms with E-state index < -0.39 is 0 Å². The van der Waals surface area contributed by atoms with Crippen LogP contribution in [-0.4, -0.2) is 22.8 Å². The average molecular weight is 402 g/mol. The van der Waals surface area contributed by atoms with Crippen molar-refractivity contribution in [3.05, 3.63) is 82.0 Å². The molecule has 0 radical (unpaired) electrons. The van der Waals surface area contributed by atoms with Crippen LogP contribution in [0.4, 0.5) is 5.82 Å². The molecule has 0 fully saturated rings. The molecule has 0 aliphatic heterocycles. The lowest BCUT2D eigenvalue weighted by atomic mass is 10.2. The summed E-state index contributed by atoms with van der Waals surface area (Å²) in [6.07, 6.45) is 4.77. The first-order chi connectivity index (χ1) is 13.0. The fourth-order valence-corrected chi connectivity index (χ4v) is 2.80. The van der Waals surface area contributed by atoms with Crippen LogP contribution in [0.5, 0.6) is 5.75 Å². The van der Waals surface area contributed by atoms with Gasteiger partial charge in [0, 0.05) is 17.3 Å². The molecule has 0 aliphatic carbocycles. The molecule has 0 unspecified atom stereocenters. The lowest BCUT2D eigenvalue weighted by Gasteiger charge is -2.04. The molecule has 0 aliphatic rings. The highest BCUT2D eigenvalue weighted by Crippen LogP contribution is 2.22. The van der Waals surface area contributed by atoms with Crippen LogP contribution < -0.4 is 10.1 Å². The Morgan fingerprint density at radius 2 is 1.89 bits per heavy atom. The molecule has 0 bridgehead atoms. The third-order valence-corrected chi connectivity index (χ3v) is 4.44. The highest BCUT2D eigenvalue weighted by atomic mass is 35.5. The Labute approximate surface area is 167 Å². The summed E-state index contributed by atoms with van der Waals surface area (Å²) in [5, 5.41) is 7.99. The number of rotatable bonds is 6. The lowest BCUT2D eigenvalue weighted by Crippen LogP contribution is -2.09. The molecule has 1 heterocycles. The van der Waals surface area contributed by atoms with E-state index in [2.05, 4.69) is 10.4 Å². The SMILES string of the molecule is COc1ccc(/C=C/C(=O)Nc2nn(Cc3ccccc3Cl)cc2Cl)cc1. The van der Waals surface area contributed by atoms with Gasteiger partial charge in [-0.1, -0.05) is 53.5 Å². The van der Waals surface area contributed by atoms with Crippen molar-refractivity contribution in [1.82, 2.24) is 9.78 Å². The molecule has 138 valence electrons. The second kappa shape index (κ2) is 8.75. The maximum Gasteiger partial charge on any atom is 0.249 e. The number of hydrogen-bond donors (Lipinski definition) is 1. The molecular weight excluding hydrogens is 385 g/mol. The first kappa shape index (κ1) is 19.0. The Hall–Kier alpha value is -2.76. The first-order valence-electron chi connectivity index (χ1n) is 8.14. The molecule has 3 aromatic rings. The summed E-state index contributed by atoms with van der Waals surface area (Å²) in [4.78, 5) is 12.1. The smallest absolute Gasteiger partial charge is 0.249 e. The van der Waals surface area contributed by atoms with Gasteiger partial charge in [-0.15, -0.1) is 0 Å². The molecule has 0 saturated heterocycles. The molecule has 1 amide bonds. The number of hydrogen-bond acceptors (Lipinski definition) is 3. The topological polar surface area (TPSA) is 56.1 Å². The molecule has 1 N–H and O–H groups in total. The molecule has 3 rings (SSSR count). The molecule has 0 atom stereocenters. The van der Waals surface area contributed by atoms with Gasteiger partial charge in [0.15, 0.2) is 5.82 Å². The summed E-state index contributed by atoms with van der Waals surface area (Å²) >= 11 is 12.3. The van der Waals surface area contributed by atoms with E-state index in [0.29, 0.717) is 22.4 Å². The van der Waals surface area contributed by atoms with Crippen molar-refractivity contribution < 1.29 is 9.53 Å². The van der Waals surface area contributed by atoms with E-state index in [9.17, 15) is 4.79 Å². The molecule has 5 nitrogen and oxygen atoms in total. The Kier molecular flexibility index (Phi) is 6.16. The summed E-state index contributed by atoms with van der Waals surface area (Å²) in [6.45, 7) is 0.455. The number of ether oxygens (including phenoxy) is 1. The van der Waals surface area contributed by atoms with E-state index >= 15 is 0 Å². The zero-order chi connectivity index (χ0) is 19.2. The fourth-order valence-electron chi connectivity index (χ4n) is 2.41. The van der Waals surface area contributed by atoms with Crippen LogP contribution in [0.3, 0.4) is 0 Å². The van der Waals surface area contributed by atoms with Gasteiger partial charge in [-0.2, -0.15) is 5.10 Å². The molecule has 1 aromatic heterocycles. The van der Waals surface area contributed by atoms with Gasteiger partial charge in [0.1, 0.15) is 10.8 Å². The predicted molar refractivity (Wildman–Crippen MR) is 108 cm³/mol. The van der Waals surface area contributed by atoms with E-state index in [0.717, 1.165) is 16.9 Å². The first-order valence-corrected chi connectivity index (χ1v) is 8.90. The van der Waals surface area contributed by atoms with Crippen LogP contribution in [0.25, 0.3) is 6.08 Å². The summed E-state index contributed by atoms with van der Waals surface area (Å²) < 4.78 is 6.73. The number of aromatic nitrogens is 2. The third-order valence-electron chi connectivity index (χ3n) is 3.79. The van der Waals surface area contributed by atoms with E-state index in [1.54, 1.807) is 24.1 Å². The van der Waals surface area contributed by atoms with E-state index in [1.165, 1.54) is 6.08 Å². The van der Waals surface area contributed by atoms with Crippen LogP contribution in [0.1, 0.15) is 11.1 Å². The van der Waals surface area contributed by atoms with E-state index in [1.807, 2.05) is 48.5 Å². The Bertz CT molecular complexity index is 966. The van der Waals surface area contributed by atoms with Gasteiger partial charge in [-0.25, -0.2) is 0 Å². The van der Waals surface area contributed by atoms with Crippen molar-refractivity contribution in [3.8, 4) is 5.75 Å². The van der Waals surface area contributed by atoms with Crippen LogP contribution >= 0.6 is 23.2 Å². The van der Waals surface area contributed by atoms with E-state index in [4.69, 9.17) is 27.9 Å². The number of amides is 1. The molecule has 2 aromatic carbocycles. The van der Waals surface area contributed by atoms with Crippen LogP contribution in [0.2, 0.25) is 10.0 Å². The van der Waals surface area contributed by atoms with Gasteiger partial charge < -0.3 is 10.1 Å². The number of halogens is 2. The molecular formula is C20H17Cl2N3O2. The van der Waals surface area contributed by atoms with Crippen molar-refractivity contribution in [2.75, 3.05) is 12.4 Å². The molecule has 0 saturated carbocycles. The number of carbonyl (C=O) groups is 1. The Balaban J connectivity index is 1.64. The number of benzene rings is 2. The van der Waals surface area contributed by atoms with Crippen molar-refractivity contribution in [3.63, 3.8) is 0 Å². The monoisotopic (exact) mass is 401 g/mol. The normalized spacial score (nSPS) is 10.9. The molecule has 7 heteroatoms. The fraction of sp³-hybridized carbons (Fsp3) is 0.100. The number of nitrogens with one attached hydrogen (secondary N) is 1. The van der Waals surface area contributed by atoms with Gasteiger partial charge >= 0.3 is 0 Å². The van der Waals surface area contributed by atoms with Crippen LogP contribution in [-0.2, 0) is 11.3 Å². The maximum atomic E-state index is 12.1. The van der Waals surface area contributed by atoms with E-state index in [-0.39, 0.29) is 5.91 Å². The van der Waals surface area contributed by atoms with Crippen molar-refractivity contribution >= 4 is 41.0 Å². The molecule has 0 spiro atoms. The Morgan fingerprint density at radius 3 is 2.59 bits per heavy atom. The van der Waals surface area contributed by atoms with Crippen molar-refractivity contribution in [2.24, 2.45) is 0 Å². The highest BCUT2D eigenvalue weighted by molar-refractivity contribution is 6.33. The second-order valence-electron chi connectivity index (χ2n) is 5.71. The average Bonchev–Trinajstić information content (AvgIpc) is 3.01. The van der Waals surface area contributed by atoms with Crippen LogP contribution in [0, 0.1) is 0 Å². The Morgan fingerprint density at radius 1 is 1.15 bits per heavy atom. The van der Waals surface area contributed by atoms with Gasteiger partial charge in [-0.05, 0) is 35.4 Å². The minimum atomic E-state index is -0.323. The standard InChI is InChI=1S/C20H17Cl2N3O2/c1-27-16-9-6-14(7-10-16)8-11-19(26)23-20-18(22)13-25(24-20)12-15-4-2-3-5-17(15)21/h2-11,13H,12H2,1H3,(H,23,24,26)/b11-8+. The number of nitrogens with zero attached hydrogens (tertiary/aromatic N) is 2. The van der Waals surface area contributed by atoms with Gasteiger partial charge in [0.25, 0.3) is 0 Å². The second-order valence-corrected chi connectivity index (χ2v) is 6.52. The summed E-state index contributed by atoms with van der Waals surface area (Å²) in [6, 6.07) is 14.8. The number of carbonyl (C=O) groups excluding carboxylic acids is 1. The number of anilines is 1. The quantitative estimate of drug-likeness (QED) is 0.597. The van der Waals surface area contributed by atoms with Crippen LogP contribution in [0.15, 0.2) is 60.8 Å². The minimum absolute atomic E-state index is 0.299. The maximum absolute atomic E-state index is 12.1. The molecule has 27 heavy (non-hydrogen) atoms. The summed E-state index contributed by atoms with van der Waals surface area (Å²) in [5.41, 5.74) is 1.79. The summed E-state index contributed by atoms with van der Waals surface area (Å²) in [5.74, 6) is 0.733. The highest BCUT2D eigenvalue weighted by Gasteiger charge is 2.10. The predicted octanol–water partition coefficient (Wildman–Crippen LogP) is 4.90. The minimum Gasteiger partial charge on any atom is -0.497 e. The van der Waals surface area contributed by atoms with Gasteiger partial charge in [0.2, 0.25) is 5.91 Å².